The van der Waals surface area contributed by atoms with Crippen LogP contribution in [0.5, 0.6) is 11.5 Å². The number of ether oxygens (including phenoxy) is 2. The van der Waals surface area contributed by atoms with Gasteiger partial charge in [-0.15, -0.1) is 0 Å². The lowest BCUT2D eigenvalue weighted by molar-refractivity contribution is -0.132. The van der Waals surface area contributed by atoms with Gasteiger partial charge in [0, 0.05) is 49.9 Å². The van der Waals surface area contributed by atoms with E-state index in [1.165, 1.54) is 12.1 Å². The number of fused-ring (bicyclic) bond motifs is 2. The fraction of sp³-hybridized carbons (Fsp3) is 0.346. The SMILES string of the molecule is Cc1ccn(CCC(=O)N2CCC(n3c(-c4ccc5c(c4)OCO5)nc4cc(F)ccc43)CC2)n1. The number of hydrogen-bond acceptors (Lipinski definition) is 5. The first-order valence-corrected chi connectivity index (χ1v) is 11.9. The van der Waals surface area contributed by atoms with Gasteiger partial charge >= 0.3 is 0 Å². The summed E-state index contributed by atoms with van der Waals surface area (Å²) >= 11 is 0. The molecule has 8 nitrogen and oxygen atoms in total. The second-order valence-corrected chi connectivity index (χ2v) is 9.09. The molecule has 1 saturated heterocycles. The van der Waals surface area contributed by atoms with Crippen molar-refractivity contribution in [1.82, 2.24) is 24.2 Å². The number of carbonyl (C=O) groups is 1. The summed E-state index contributed by atoms with van der Waals surface area (Å²) < 4.78 is 29.0. The molecule has 2 aromatic carbocycles. The maximum absolute atomic E-state index is 14.0. The van der Waals surface area contributed by atoms with Gasteiger partial charge in [0.15, 0.2) is 11.5 Å². The summed E-state index contributed by atoms with van der Waals surface area (Å²) in [5.74, 6) is 1.99. The molecule has 180 valence electrons. The molecule has 0 radical (unpaired) electrons. The molecule has 35 heavy (non-hydrogen) atoms. The van der Waals surface area contributed by atoms with Crippen LogP contribution in [-0.4, -0.2) is 50.0 Å². The molecule has 6 rings (SSSR count). The van der Waals surface area contributed by atoms with Crippen LogP contribution in [0.4, 0.5) is 4.39 Å². The number of aryl methyl sites for hydroxylation is 2. The number of hydrogen-bond donors (Lipinski definition) is 0. The Balaban J connectivity index is 1.23. The largest absolute Gasteiger partial charge is 0.454 e. The molecule has 0 aliphatic carbocycles. The van der Waals surface area contributed by atoms with Crippen LogP contribution in [0.25, 0.3) is 22.4 Å². The molecule has 2 aromatic heterocycles. The minimum atomic E-state index is -0.313. The molecule has 4 aromatic rings. The predicted molar refractivity (Wildman–Crippen MR) is 128 cm³/mol. The molecule has 4 heterocycles. The molecule has 0 N–H and O–H groups in total. The maximum Gasteiger partial charge on any atom is 0.231 e. The van der Waals surface area contributed by atoms with Crippen LogP contribution in [0.1, 0.15) is 31.0 Å². The van der Waals surface area contributed by atoms with E-state index < -0.39 is 0 Å². The first kappa shape index (κ1) is 21.6. The molecule has 2 aliphatic rings. The van der Waals surface area contributed by atoms with Crippen LogP contribution in [0.2, 0.25) is 0 Å². The van der Waals surface area contributed by atoms with Crippen molar-refractivity contribution < 1.29 is 18.7 Å². The van der Waals surface area contributed by atoms with E-state index in [0.717, 1.165) is 35.4 Å². The predicted octanol–water partition coefficient (Wildman–Crippen LogP) is 4.33. The number of aromatic nitrogens is 4. The number of nitrogens with zero attached hydrogens (tertiary/aromatic N) is 5. The van der Waals surface area contributed by atoms with E-state index in [4.69, 9.17) is 14.5 Å². The van der Waals surface area contributed by atoms with E-state index in [-0.39, 0.29) is 24.6 Å². The number of carbonyl (C=O) groups excluding carboxylic acids is 1. The smallest absolute Gasteiger partial charge is 0.231 e. The molecule has 1 amide bonds. The summed E-state index contributed by atoms with van der Waals surface area (Å²) in [5, 5.41) is 4.36. The zero-order chi connectivity index (χ0) is 23.9. The minimum Gasteiger partial charge on any atom is -0.454 e. The monoisotopic (exact) mass is 475 g/mol. The van der Waals surface area contributed by atoms with Crippen LogP contribution >= 0.6 is 0 Å². The Morgan fingerprint density at radius 1 is 1.09 bits per heavy atom. The maximum atomic E-state index is 14.0. The van der Waals surface area contributed by atoms with Crippen molar-refractivity contribution in [3.63, 3.8) is 0 Å². The average molecular weight is 476 g/mol. The fourth-order valence-electron chi connectivity index (χ4n) is 5.01. The molecule has 0 spiro atoms. The highest BCUT2D eigenvalue weighted by Gasteiger charge is 2.28. The number of benzene rings is 2. The van der Waals surface area contributed by atoms with Crippen molar-refractivity contribution >= 4 is 16.9 Å². The standard InChI is InChI=1S/C26H26FN5O3/c1-17-6-12-31(29-17)13-9-25(33)30-10-7-20(8-11-30)32-22-4-3-19(27)15-21(22)28-26(32)18-2-5-23-24(14-18)35-16-34-23/h2-6,12,14-15,20H,7-11,13,16H2,1H3. The van der Waals surface area contributed by atoms with Crippen molar-refractivity contribution in [3.05, 3.63) is 60.2 Å². The summed E-state index contributed by atoms with van der Waals surface area (Å²) in [6.45, 7) is 4.06. The Morgan fingerprint density at radius 2 is 1.91 bits per heavy atom. The van der Waals surface area contributed by atoms with Crippen LogP contribution in [-0.2, 0) is 11.3 Å². The number of rotatable bonds is 5. The van der Waals surface area contributed by atoms with Crippen molar-refractivity contribution in [2.75, 3.05) is 19.9 Å². The Labute approximate surface area is 201 Å². The van der Waals surface area contributed by atoms with Gasteiger partial charge in [0.1, 0.15) is 11.6 Å². The van der Waals surface area contributed by atoms with Gasteiger partial charge in [0.05, 0.1) is 16.7 Å². The van der Waals surface area contributed by atoms with E-state index in [9.17, 15) is 9.18 Å². The molecular formula is C26H26FN5O3. The lowest BCUT2D eigenvalue weighted by Gasteiger charge is -2.33. The van der Waals surface area contributed by atoms with Crippen molar-refractivity contribution in [1.29, 1.82) is 0 Å². The highest BCUT2D eigenvalue weighted by atomic mass is 19.1. The molecule has 1 fully saturated rings. The van der Waals surface area contributed by atoms with Gasteiger partial charge in [0.25, 0.3) is 0 Å². The highest BCUT2D eigenvalue weighted by Crippen LogP contribution is 2.39. The van der Waals surface area contributed by atoms with Gasteiger partial charge < -0.3 is 18.9 Å². The average Bonchev–Trinajstić information content (AvgIpc) is 3.60. The Kier molecular flexibility index (Phi) is 5.39. The number of halogens is 1. The summed E-state index contributed by atoms with van der Waals surface area (Å²) in [6, 6.07) is 12.6. The Hall–Kier alpha value is -3.88. The van der Waals surface area contributed by atoms with Crippen molar-refractivity contribution in [2.45, 2.75) is 38.8 Å². The third-order valence-corrected chi connectivity index (χ3v) is 6.79. The lowest BCUT2D eigenvalue weighted by atomic mass is 10.0. The van der Waals surface area contributed by atoms with E-state index in [0.29, 0.717) is 43.1 Å². The summed E-state index contributed by atoms with van der Waals surface area (Å²) in [7, 11) is 0. The van der Waals surface area contributed by atoms with Crippen LogP contribution < -0.4 is 9.47 Å². The number of piperidine rings is 1. The molecule has 0 saturated carbocycles. The van der Waals surface area contributed by atoms with Gasteiger partial charge in [0.2, 0.25) is 12.7 Å². The molecule has 2 aliphatic heterocycles. The Bertz CT molecular complexity index is 1400. The molecule has 0 unspecified atom stereocenters. The summed E-state index contributed by atoms with van der Waals surface area (Å²) in [6.07, 6.45) is 3.93. The van der Waals surface area contributed by atoms with Gasteiger partial charge in [-0.2, -0.15) is 5.10 Å². The van der Waals surface area contributed by atoms with E-state index in [1.54, 1.807) is 6.07 Å². The second kappa shape index (κ2) is 8.72. The first-order valence-electron chi connectivity index (χ1n) is 11.9. The second-order valence-electron chi connectivity index (χ2n) is 9.09. The normalized spacial score (nSPS) is 15.8. The lowest BCUT2D eigenvalue weighted by Crippen LogP contribution is -2.39. The molecule has 0 bridgehead atoms. The number of likely N-dealkylation sites (tertiary alicyclic amines) is 1. The Morgan fingerprint density at radius 3 is 2.71 bits per heavy atom. The van der Waals surface area contributed by atoms with Gasteiger partial charge in [-0.05, 0) is 56.2 Å². The first-order chi connectivity index (χ1) is 17.0. The minimum absolute atomic E-state index is 0.142. The highest BCUT2D eigenvalue weighted by molar-refractivity contribution is 5.81. The summed E-state index contributed by atoms with van der Waals surface area (Å²) in [5.41, 5.74) is 3.34. The number of imidazole rings is 1. The van der Waals surface area contributed by atoms with Gasteiger partial charge in [-0.25, -0.2) is 9.37 Å². The zero-order valence-corrected chi connectivity index (χ0v) is 19.5. The zero-order valence-electron chi connectivity index (χ0n) is 19.5. The van der Waals surface area contributed by atoms with E-state index >= 15 is 0 Å². The van der Waals surface area contributed by atoms with Crippen molar-refractivity contribution in [3.8, 4) is 22.9 Å². The van der Waals surface area contributed by atoms with Gasteiger partial charge in [-0.1, -0.05) is 0 Å². The topological polar surface area (TPSA) is 74.4 Å². The van der Waals surface area contributed by atoms with E-state index in [1.807, 2.05) is 47.0 Å². The van der Waals surface area contributed by atoms with Gasteiger partial charge in [-0.3, -0.25) is 9.48 Å². The third-order valence-electron chi connectivity index (χ3n) is 6.79. The molecular weight excluding hydrogens is 449 g/mol. The summed E-state index contributed by atoms with van der Waals surface area (Å²) in [4.78, 5) is 19.6. The molecule has 0 atom stereocenters. The van der Waals surface area contributed by atoms with Crippen molar-refractivity contribution in [2.24, 2.45) is 0 Å². The fourth-order valence-corrected chi connectivity index (χ4v) is 5.01. The molecule has 9 heteroatoms. The van der Waals surface area contributed by atoms with Crippen LogP contribution in [0.3, 0.4) is 0 Å². The third kappa shape index (κ3) is 4.11. The van der Waals surface area contributed by atoms with Crippen LogP contribution in [0.15, 0.2) is 48.7 Å². The quantitative estimate of drug-likeness (QED) is 0.430. The van der Waals surface area contributed by atoms with E-state index in [2.05, 4.69) is 9.67 Å². The van der Waals surface area contributed by atoms with Crippen LogP contribution in [0, 0.1) is 12.7 Å². The number of amides is 1.